The molecule has 3 N–H and O–H groups in total. The number of rotatable bonds is 4. The van der Waals surface area contributed by atoms with Crippen LogP contribution in [-0.4, -0.2) is 23.2 Å². The van der Waals surface area contributed by atoms with E-state index in [1.807, 2.05) is 0 Å². The van der Waals surface area contributed by atoms with Crippen LogP contribution >= 0.6 is 46.4 Å². The maximum absolute atomic E-state index is 13.0. The average Bonchev–Trinajstić information content (AvgIpc) is 2.59. The molecule has 0 aliphatic carbocycles. The van der Waals surface area contributed by atoms with Crippen LogP contribution < -0.4 is 0 Å². The molecule has 0 amide bonds. The zero-order valence-electron chi connectivity index (χ0n) is 14.3. The Hall–Kier alpha value is -1.67. The first-order chi connectivity index (χ1) is 13.5. The Morgan fingerprint density at radius 2 is 1.38 bits per heavy atom. The van der Waals surface area contributed by atoms with Gasteiger partial charge in [-0.3, -0.25) is 4.55 Å². The van der Waals surface area contributed by atoms with Crippen molar-refractivity contribution in [2.24, 2.45) is 0 Å². The molecular weight excluding hydrogens is 482 g/mol. The molecule has 0 saturated carbocycles. The van der Waals surface area contributed by atoms with Crippen molar-refractivity contribution < 1.29 is 23.2 Å². The highest BCUT2D eigenvalue weighted by atomic mass is 35.5. The molecule has 0 aliphatic rings. The number of para-hydroxylation sites is 1. The Labute approximate surface area is 186 Å². The largest absolute Gasteiger partial charge is 0.508 e. The Kier molecular flexibility index (Phi) is 5.98. The van der Waals surface area contributed by atoms with Crippen LogP contribution in [0, 0.1) is 0 Å². The predicted octanol–water partition coefficient (Wildman–Crippen LogP) is 5.89. The molecule has 0 aromatic heterocycles. The van der Waals surface area contributed by atoms with Gasteiger partial charge in [0.15, 0.2) is 4.75 Å². The van der Waals surface area contributed by atoms with Crippen LogP contribution in [0.3, 0.4) is 0 Å². The zero-order chi connectivity index (χ0) is 21.6. The minimum Gasteiger partial charge on any atom is -0.508 e. The van der Waals surface area contributed by atoms with Gasteiger partial charge in [-0.2, -0.15) is 8.42 Å². The first-order valence-corrected chi connectivity index (χ1v) is 10.8. The molecule has 0 fully saturated rings. The van der Waals surface area contributed by atoms with Crippen molar-refractivity contribution in [1.82, 2.24) is 0 Å². The SMILES string of the molecule is O=S(=O)(O)C(c1cccc(Cl)c1)(c1cccc(Cl)c1O)c1c(Cl)cc(O)cc1Cl. The maximum atomic E-state index is 13.0. The lowest BCUT2D eigenvalue weighted by Crippen LogP contribution is -2.39. The van der Waals surface area contributed by atoms with E-state index in [2.05, 4.69) is 0 Å². The van der Waals surface area contributed by atoms with Gasteiger partial charge in [0, 0.05) is 16.1 Å². The van der Waals surface area contributed by atoms with Crippen molar-refractivity contribution in [2.45, 2.75) is 4.75 Å². The van der Waals surface area contributed by atoms with Crippen molar-refractivity contribution >= 4 is 56.5 Å². The highest BCUT2D eigenvalue weighted by molar-refractivity contribution is 7.87. The molecule has 0 radical (unpaired) electrons. The first-order valence-electron chi connectivity index (χ1n) is 7.89. The molecule has 0 aliphatic heterocycles. The molecule has 3 aromatic carbocycles. The summed E-state index contributed by atoms with van der Waals surface area (Å²) in [5.74, 6) is -0.929. The fourth-order valence-electron chi connectivity index (χ4n) is 3.25. The number of aromatic hydroxyl groups is 2. The molecular formula is C19H12Cl4O5S. The lowest BCUT2D eigenvalue weighted by Gasteiger charge is -2.34. The molecule has 152 valence electrons. The first kappa shape index (κ1) is 22.0. The Balaban J connectivity index is 2.66. The maximum Gasteiger partial charge on any atom is 0.283 e. The van der Waals surface area contributed by atoms with Crippen molar-refractivity contribution in [2.75, 3.05) is 0 Å². The zero-order valence-corrected chi connectivity index (χ0v) is 18.1. The summed E-state index contributed by atoms with van der Waals surface area (Å²) in [4.78, 5) is 0. The number of hydrogen-bond donors (Lipinski definition) is 3. The summed E-state index contributed by atoms with van der Waals surface area (Å²) < 4.78 is 34.0. The van der Waals surface area contributed by atoms with Crippen LogP contribution in [0.5, 0.6) is 11.5 Å². The topological polar surface area (TPSA) is 94.8 Å². The highest BCUT2D eigenvalue weighted by Crippen LogP contribution is 2.53. The van der Waals surface area contributed by atoms with E-state index >= 15 is 0 Å². The molecule has 0 heterocycles. The molecule has 3 aromatic rings. The summed E-state index contributed by atoms with van der Waals surface area (Å²) in [6.45, 7) is 0. The normalized spacial score (nSPS) is 13.8. The van der Waals surface area contributed by atoms with Crippen molar-refractivity contribution in [3.63, 3.8) is 0 Å². The van der Waals surface area contributed by atoms with Gasteiger partial charge in [-0.1, -0.05) is 70.7 Å². The van der Waals surface area contributed by atoms with E-state index in [9.17, 15) is 23.2 Å². The molecule has 0 spiro atoms. The predicted molar refractivity (Wildman–Crippen MR) is 114 cm³/mol. The van der Waals surface area contributed by atoms with Gasteiger partial charge >= 0.3 is 0 Å². The van der Waals surface area contributed by atoms with Crippen LogP contribution in [0.1, 0.15) is 16.7 Å². The fraction of sp³-hybridized carbons (Fsp3) is 0.0526. The quantitative estimate of drug-likeness (QED) is 0.311. The lowest BCUT2D eigenvalue weighted by molar-refractivity contribution is 0.440. The Morgan fingerprint density at radius 1 is 0.793 bits per heavy atom. The summed E-state index contributed by atoms with van der Waals surface area (Å²) in [5, 5.41) is 19.9. The Bertz CT molecular complexity index is 1190. The summed E-state index contributed by atoms with van der Waals surface area (Å²) >= 11 is 24.7. The second-order valence-electron chi connectivity index (χ2n) is 6.09. The summed E-state index contributed by atoms with van der Waals surface area (Å²) in [6.07, 6.45) is 0. The van der Waals surface area contributed by atoms with Gasteiger partial charge in [-0.25, -0.2) is 0 Å². The van der Waals surface area contributed by atoms with Gasteiger partial charge in [0.25, 0.3) is 10.1 Å². The molecule has 3 rings (SSSR count). The third-order valence-electron chi connectivity index (χ3n) is 4.36. The number of phenols is 2. The summed E-state index contributed by atoms with van der Waals surface area (Å²) in [5.41, 5.74) is -0.648. The number of benzene rings is 3. The van der Waals surface area contributed by atoms with Crippen LogP contribution in [0.15, 0.2) is 54.6 Å². The third kappa shape index (κ3) is 3.65. The van der Waals surface area contributed by atoms with Gasteiger partial charge in [-0.05, 0) is 35.9 Å². The molecule has 1 unspecified atom stereocenters. The van der Waals surface area contributed by atoms with E-state index in [0.29, 0.717) is 0 Å². The van der Waals surface area contributed by atoms with E-state index in [1.54, 1.807) is 0 Å². The van der Waals surface area contributed by atoms with Crippen molar-refractivity contribution in [3.05, 3.63) is 91.4 Å². The monoisotopic (exact) mass is 492 g/mol. The summed E-state index contributed by atoms with van der Waals surface area (Å²) in [7, 11) is -5.13. The van der Waals surface area contributed by atoms with Gasteiger partial charge in [0.05, 0.1) is 15.1 Å². The standard InChI is InChI=1S/C19H12Cl4O5S/c20-11-4-1-3-10(7-11)19(29(26,27)28,13-5-2-6-14(21)18(13)25)17-15(22)8-12(24)9-16(17)23/h1-9,24-25H,(H,26,27,28). The molecule has 10 heteroatoms. The molecule has 29 heavy (non-hydrogen) atoms. The van der Waals surface area contributed by atoms with Crippen LogP contribution in [-0.2, 0) is 14.9 Å². The lowest BCUT2D eigenvalue weighted by atomic mass is 9.83. The van der Waals surface area contributed by atoms with Gasteiger partial charge < -0.3 is 10.2 Å². The van der Waals surface area contributed by atoms with Gasteiger partial charge in [-0.15, -0.1) is 0 Å². The second-order valence-corrected chi connectivity index (χ2v) is 9.31. The van der Waals surface area contributed by atoms with Crippen LogP contribution in [0.25, 0.3) is 0 Å². The smallest absolute Gasteiger partial charge is 0.283 e. The molecule has 1 atom stereocenters. The van der Waals surface area contributed by atoms with Gasteiger partial charge in [0.1, 0.15) is 11.5 Å². The second kappa shape index (κ2) is 7.87. The highest BCUT2D eigenvalue weighted by Gasteiger charge is 2.52. The Morgan fingerprint density at radius 3 is 1.93 bits per heavy atom. The van der Waals surface area contributed by atoms with Crippen molar-refractivity contribution in [1.29, 1.82) is 0 Å². The van der Waals surface area contributed by atoms with E-state index in [-0.39, 0.29) is 42.5 Å². The van der Waals surface area contributed by atoms with E-state index < -0.39 is 20.6 Å². The van der Waals surface area contributed by atoms with Crippen molar-refractivity contribution in [3.8, 4) is 11.5 Å². The van der Waals surface area contributed by atoms with E-state index in [4.69, 9.17) is 46.4 Å². The number of halogens is 4. The van der Waals surface area contributed by atoms with E-state index in [1.165, 1.54) is 42.5 Å². The minimum absolute atomic E-state index is 0.0560. The van der Waals surface area contributed by atoms with E-state index in [0.717, 1.165) is 12.1 Å². The fourth-order valence-corrected chi connectivity index (χ4v) is 5.84. The van der Waals surface area contributed by atoms with Crippen LogP contribution in [0.4, 0.5) is 0 Å². The average molecular weight is 494 g/mol. The number of phenolic OH excluding ortho intramolecular Hbond substituents is 2. The van der Waals surface area contributed by atoms with Gasteiger partial charge in [0.2, 0.25) is 0 Å². The molecule has 0 bridgehead atoms. The minimum atomic E-state index is -5.13. The molecule has 5 nitrogen and oxygen atoms in total. The van der Waals surface area contributed by atoms with Crippen LogP contribution in [0.2, 0.25) is 20.1 Å². The number of hydrogen-bond acceptors (Lipinski definition) is 4. The third-order valence-corrected chi connectivity index (χ3v) is 6.93. The molecule has 0 saturated heterocycles. The summed E-state index contributed by atoms with van der Waals surface area (Å²) in [6, 6.07) is 11.7.